The molecule has 9 nitrogen and oxygen atoms in total. The van der Waals surface area contributed by atoms with Crippen molar-refractivity contribution in [2.75, 3.05) is 17.7 Å². The van der Waals surface area contributed by atoms with Gasteiger partial charge in [0.25, 0.3) is 5.91 Å². The minimum atomic E-state index is -3.90. The number of sulfone groups is 1. The number of carbonyl (C=O) groups is 2. The molecule has 0 bridgehead atoms. The number of nitrogens with zero attached hydrogens (tertiary/aromatic N) is 1. The minimum Gasteiger partial charge on any atom is -0.444 e. The smallest absolute Gasteiger partial charge is 0.414 e. The van der Waals surface area contributed by atoms with Gasteiger partial charge in [0.05, 0.1) is 6.54 Å². The summed E-state index contributed by atoms with van der Waals surface area (Å²) in [6.07, 6.45) is -0.973. The summed E-state index contributed by atoms with van der Waals surface area (Å²) < 4.78 is 27.5. The highest BCUT2D eigenvalue weighted by atomic mass is 32.2. The second-order valence-electron chi connectivity index (χ2n) is 7.62. The molecule has 1 aliphatic heterocycles. The molecule has 1 heterocycles. The molecule has 158 valence electrons. The zero-order valence-corrected chi connectivity index (χ0v) is 17.4. The summed E-state index contributed by atoms with van der Waals surface area (Å²) in [4.78, 5) is 25.5. The van der Waals surface area contributed by atoms with E-state index in [1.54, 1.807) is 38.1 Å². The Bertz CT molecular complexity index is 955. The van der Waals surface area contributed by atoms with E-state index < -0.39 is 38.3 Å². The first-order valence-corrected chi connectivity index (χ1v) is 10.6. The maximum atomic E-state index is 12.2. The average Bonchev–Trinajstić information content (AvgIpc) is 2.98. The molecule has 0 radical (unpaired) electrons. The summed E-state index contributed by atoms with van der Waals surface area (Å²) in [5.41, 5.74) is 1.39. The van der Waals surface area contributed by atoms with Gasteiger partial charge >= 0.3 is 6.09 Å². The van der Waals surface area contributed by atoms with Crippen molar-refractivity contribution < 1.29 is 33.1 Å². The second-order valence-corrected chi connectivity index (χ2v) is 10.1. The number of anilines is 1. The Morgan fingerprint density at radius 3 is 2.38 bits per heavy atom. The van der Waals surface area contributed by atoms with E-state index in [2.05, 4.69) is 11.8 Å². The highest BCUT2D eigenvalue weighted by Crippen LogP contribution is 2.30. The lowest BCUT2D eigenvalue weighted by atomic mass is 10.0. The number of nitrogens with one attached hydrogen (secondary N) is 1. The van der Waals surface area contributed by atoms with Crippen LogP contribution in [-0.2, 0) is 19.4 Å². The maximum Gasteiger partial charge on any atom is 0.414 e. The fraction of sp³-hybridized carbons (Fsp3) is 0.474. The molecule has 0 aromatic heterocycles. The molecule has 2 amide bonds. The third-order valence-electron chi connectivity index (χ3n) is 4.58. The number of aliphatic hydroxyl groups is 1. The van der Waals surface area contributed by atoms with Crippen molar-refractivity contribution in [3.05, 3.63) is 29.8 Å². The molecule has 0 unspecified atom stereocenters. The molecular formula is C19H24N2O7S. The summed E-state index contributed by atoms with van der Waals surface area (Å²) >= 11 is 0. The van der Waals surface area contributed by atoms with Gasteiger partial charge in [-0.1, -0.05) is 11.8 Å². The molecule has 2 rings (SSSR count). The topological polar surface area (TPSA) is 133 Å². The summed E-state index contributed by atoms with van der Waals surface area (Å²) in [7, 11) is -3.90. The number of cyclic esters (lactones) is 1. The van der Waals surface area contributed by atoms with Crippen molar-refractivity contribution >= 4 is 27.5 Å². The molecule has 10 heteroatoms. The van der Waals surface area contributed by atoms with Gasteiger partial charge in [0.15, 0.2) is 14.6 Å². The Balaban J connectivity index is 2.18. The van der Waals surface area contributed by atoms with Crippen LogP contribution in [0.5, 0.6) is 0 Å². The van der Waals surface area contributed by atoms with Crippen molar-refractivity contribution in [2.45, 2.75) is 43.6 Å². The predicted octanol–water partition coefficient (Wildman–Crippen LogP) is 0.833. The van der Waals surface area contributed by atoms with Crippen LogP contribution in [0.1, 0.15) is 32.8 Å². The van der Waals surface area contributed by atoms with Crippen molar-refractivity contribution in [3.63, 3.8) is 0 Å². The number of ether oxygens (including phenoxy) is 1. The molecule has 0 aliphatic carbocycles. The Hall–Kier alpha value is -2.61. The monoisotopic (exact) mass is 424 g/mol. The van der Waals surface area contributed by atoms with Crippen LogP contribution in [0.2, 0.25) is 0 Å². The minimum absolute atomic E-state index is 0.0390. The number of hydrogen-bond acceptors (Lipinski definition) is 7. The number of amides is 2. The first-order chi connectivity index (χ1) is 13.3. The van der Waals surface area contributed by atoms with Gasteiger partial charge in [-0.2, -0.15) is 0 Å². The number of carbonyl (C=O) groups excluding carboxylic acids is 2. The first kappa shape index (κ1) is 22.7. The zero-order valence-electron chi connectivity index (χ0n) is 16.6. The van der Waals surface area contributed by atoms with Crippen LogP contribution in [0.3, 0.4) is 0 Å². The third kappa shape index (κ3) is 5.26. The lowest BCUT2D eigenvalue weighted by Gasteiger charge is -2.26. The number of benzene rings is 1. The summed E-state index contributed by atoms with van der Waals surface area (Å²) in [5, 5.41) is 18.5. The van der Waals surface area contributed by atoms with E-state index in [4.69, 9.17) is 9.94 Å². The predicted molar refractivity (Wildman–Crippen MR) is 105 cm³/mol. The number of hydroxylamine groups is 1. The fourth-order valence-electron chi connectivity index (χ4n) is 2.75. The lowest BCUT2D eigenvalue weighted by molar-refractivity contribution is -0.132. The van der Waals surface area contributed by atoms with Gasteiger partial charge in [0.1, 0.15) is 11.7 Å². The fourth-order valence-corrected chi connectivity index (χ4v) is 3.62. The normalized spacial score (nSPS) is 19.0. The van der Waals surface area contributed by atoms with Crippen LogP contribution >= 0.6 is 0 Å². The molecular weight excluding hydrogens is 400 g/mol. The van der Waals surface area contributed by atoms with Gasteiger partial charge in [-0.05, 0) is 45.0 Å². The van der Waals surface area contributed by atoms with Crippen LogP contribution in [0, 0.1) is 11.8 Å². The average molecular weight is 424 g/mol. The van der Waals surface area contributed by atoms with E-state index in [0.717, 1.165) is 6.26 Å². The van der Waals surface area contributed by atoms with E-state index in [0.29, 0.717) is 11.3 Å². The van der Waals surface area contributed by atoms with Gasteiger partial charge < -0.3 is 9.84 Å². The van der Waals surface area contributed by atoms with Gasteiger partial charge in [-0.15, -0.1) is 0 Å². The van der Waals surface area contributed by atoms with Crippen molar-refractivity contribution in [1.29, 1.82) is 0 Å². The molecule has 1 saturated heterocycles. The zero-order chi connectivity index (χ0) is 22.0. The molecule has 1 fully saturated rings. The molecule has 0 saturated carbocycles. The largest absolute Gasteiger partial charge is 0.444 e. The highest BCUT2D eigenvalue weighted by Gasteiger charge is 2.48. The lowest BCUT2D eigenvalue weighted by Crippen LogP contribution is -2.51. The van der Waals surface area contributed by atoms with E-state index in [-0.39, 0.29) is 13.0 Å². The summed E-state index contributed by atoms with van der Waals surface area (Å²) in [6.45, 7) is 4.34. The van der Waals surface area contributed by atoms with Crippen molar-refractivity contribution in [3.8, 4) is 11.8 Å². The van der Waals surface area contributed by atoms with Crippen LogP contribution in [-0.4, -0.2) is 60.0 Å². The Morgan fingerprint density at radius 1 is 1.31 bits per heavy atom. The standard InChI is InChI=1S/C19H24N2O7S/c1-18(2,24)10-9-13-5-7-14(8-6-13)21-12-15(28-17(21)23)11-19(3,16(22)20-25)29(4,26)27/h5-8,15,24-25H,11-12H2,1-4H3,(H,20,22)/t15-,19+/m0/s1. The van der Waals surface area contributed by atoms with Crippen LogP contribution in [0.4, 0.5) is 10.5 Å². The Kier molecular flexibility index (Phi) is 6.27. The van der Waals surface area contributed by atoms with Crippen molar-refractivity contribution in [1.82, 2.24) is 5.48 Å². The van der Waals surface area contributed by atoms with E-state index in [1.807, 2.05) is 0 Å². The van der Waals surface area contributed by atoms with Gasteiger partial charge in [0.2, 0.25) is 0 Å². The highest BCUT2D eigenvalue weighted by molar-refractivity contribution is 7.92. The van der Waals surface area contributed by atoms with Crippen LogP contribution in [0.25, 0.3) is 0 Å². The van der Waals surface area contributed by atoms with Gasteiger partial charge in [0, 0.05) is 23.9 Å². The van der Waals surface area contributed by atoms with Gasteiger partial charge in [-0.3, -0.25) is 14.9 Å². The third-order valence-corrected chi connectivity index (χ3v) is 6.57. The second kappa shape index (κ2) is 8.02. The van der Waals surface area contributed by atoms with E-state index >= 15 is 0 Å². The van der Waals surface area contributed by atoms with Crippen molar-refractivity contribution in [2.24, 2.45) is 0 Å². The van der Waals surface area contributed by atoms with Crippen LogP contribution < -0.4 is 10.4 Å². The summed E-state index contributed by atoms with van der Waals surface area (Å²) in [6, 6.07) is 6.64. The molecule has 0 spiro atoms. The molecule has 1 aromatic rings. The Morgan fingerprint density at radius 2 is 1.90 bits per heavy atom. The molecule has 29 heavy (non-hydrogen) atoms. The molecule has 2 atom stereocenters. The maximum absolute atomic E-state index is 12.2. The number of rotatable bonds is 5. The first-order valence-electron chi connectivity index (χ1n) is 8.75. The summed E-state index contributed by atoms with van der Waals surface area (Å²) in [5.74, 6) is 4.41. The molecule has 1 aromatic carbocycles. The van der Waals surface area contributed by atoms with E-state index in [1.165, 1.54) is 17.3 Å². The Labute approximate surface area is 169 Å². The van der Waals surface area contributed by atoms with Crippen LogP contribution in [0.15, 0.2) is 24.3 Å². The molecule has 1 aliphatic rings. The molecule has 3 N–H and O–H groups in total. The van der Waals surface area contributed by atoms with Gasteiger partial charge in [-0.25, -0.2) is 18.7 Å². The SMILES string of the molecule is CC(C)(O)C#Cc1ccc(N2C[C@H](C[C@](C)(C(=O)NO)S(C)(=O)=O)OC2=O)cc1. The van der Waals surface area contributed by atoms with E-state index in [9.17, 15) is 23.1 Å². The number of hydrogen-bond donors (Lipinski definition) is 3. The quantitative estimate of drug-likeness (QED) is 0.362.